The zero-order chi connectivity index (χ0) is 21.8. The molecule has 1 spiro atoms. The summed E-state index contributed by atoms with van der Waals surface area (Å²) in [5, 5.41) is 14.0. The highest BCUT2D eigenvalue weighted by Gasteiger charge is 2.47. The minimum atomic E-state index is -0.626. The summed E-state index contributed by atoms with van der Waals surface area (Å²) >= 11 is 0. The van der Waals surface area contributed by atoms with Gasteiger partial charge in [0.1, 0.15) is 47.2 Å². The van der Waals surface area contributed by atoms with Crippen molar-refractivity contribution >= 4 is 5.82 Å². The molecule has 0 radical (unpaired) electrons. The molecule has 1 aliphatic carbocycles. The molecule has 0 saturated heterocycles. The molecular formula is C21H19FN6O3. The van der Waals surface area contributed by atoms with Crippen molar-refractivity contribution in [3.8, 4) is 34.8 Å². The number of aryl methyl sites for hydroxylation is 1. The van der Waals surface area contributed by atoms with Crippen LogP contribution in [-0.4, -0.2) is 32.0 Å². The topological polar surface area (TPSA) is 121 Å². The number of nitrogen functional groups attached to an aromatic ring is 1. The number of aromatic nitrogens is 4. The van der Waals surface area contributed by atoms with Crippen LogP contribution in [0.15, 0.2) is 24.4 Å². The van der Waals surface area contributed by atoms with Gasteiger partial charge in [0.2, 0.25) is 5.88 Å². The number of benzene rings is 1. The van der Waals surface area contributed by atoms with E-state index in [-0.39, 0.29) is 29.9 Å². The first-order valence-electron chi connectivity index (χ1n) is 9.77. The van der Waals surface area contributed by atoms with Gasteiger partial charge in [-0.1, -0.05) is 0 Å². The van der Waals surface area contributed by atoms with E-state index in [9.17, 15) is 9.65 Å². The second kappa shape index (κ2) is 6.84. The molecule has 3 heterocycles. The summed E-state index contributed by atoms with van der Waals surface area (Å²) in [6.45, 7) is 1.96. The van der Waals surface area contributed by atoms with E-state index in [0.717, 1.165) is 12.8 Å². The average Bonchev–Trinajstić information content (AvgIpc) is 3.43. The van der Waals surface area contributed by atoms with Crippen molar-refractivity contribution in [2.75, 3.05) is 12.3 Å². The highest BCUT2D eigenvalue weighted by Crippen LogP contribution is 2.44. The van der Waals surface area contributed by atoms with Gasteiger partial charge in [0.25, 0.3) is 5.88 Å². The van der Waals surface area contributed by atoms with Crippen LogP contribution in [0, 0.1) is 17.1 Å². The average molecular weight is 422 g/mol. The Balaban J connectivity index is 1.68. The van der Waals surface area contributed by atoms with Crippen molar-refractivity contribution in [2.24, 2.45) is 7.05 Å². The maximum atomic E-state index is 14.0. The van der Waals surface area contributed by atoms with Crippen LogP contribution >= 0.6 is 0 Å². The Morgan fingerprint density at radius 2 is 2.13 bits per heavy atom. The van der Waals surface area contributed by atoms with Crippen molar-refractivity contribution in [1.82, 2.24) is 19.7 Å². The molecule has 31 heavy (non-hydrogen) atoms. The molecular weight excluding hydrogens is 403 g/mol. The maximum absolute atomic E-state index is 14.0. The highest BCUT2D eigenvalue weighted by atomic mass is 19.1. The van der Waals surface area contributed by atoms with Crippen LogP contribution in [0.4, 0.5) is 10.2 Å². The Morgan fingerprint density at radius 3 is 2.87 bits per heavy atom. The fourth-order valence-corrected chi connectivity index (χ4v) is 3.56. The van der Waals surface area contributed by atoms with Crippen molar-refractivity contribution in [3.05, 3.63) is 41.5 Å². The fourth-order valence-electron chi connectivity index (χ4n) is 3.56. The van der Waals surface area contributed by atoms with Crippen LogP contribution in [0.2, 0.25) is 0 Å². The van der Waals surface area contributed by atoms with Crippen molar-refractivity contribution < 1.29 is 18.6 Å². The summed E-state index contributed by atoms with van der Waals surface area (Å²) in [6, 6.07) is 6.41. The van der Waals surface area contributed by atoms with Crippen LogP contribution in [0.5, 0.6) is 17.5 Å². The molecule has 2 aliphatic rings. The van der Waals surface area contributed by atoms with Gasteiger partial charge in [-0.05, 0) is 38.0 Å². The molecule has 1 aromatic carbocycles. The van der Waals surface area contributed by atoms with Gasteiger partial charge in [0.05, 0.1) is 6.20 Å². The van der Waals surface area contributed by atoms with Gasteiger partial charge in [0, 0.05) is 12.6 Å². The predicted molar refractivity (Wildman–Crippen MR) is 107 cm³/mol. The number of hydrogen-bond acceptors (Lipinski definition) is 8. The Labute approximate surface area is 177 Å². The zero-order valence-electron chi connectivity index (χ0n) is 16.9. The molecule has 10 heteroatoms. The van der Waals surface area contributed by atoms with Gasteiger partial charge in [-0.2, -0.15) is 5.26 Å². The third kappa shape index (κ3) is 3.28. The van der Waals surface area contributed by atoms with Crippen molar-refractivity contribution in [3.63, 3.8) is 0 Å². The van der Waals surface area contributed by atoms with Gasteiger partial charge in [0.15, 0.2) is 11.5 Å². The molecule has 158 valence electrons. The van der Waals surface area contributed by atoms with Crippen LogP contribution in [0.1, 0.15) is 37.1 Å². The van der Waals surface area contributed by atoms with E-state index < -0.39 is 17.5 Å². The quantitative estimate of drug-likeness (QED) is 0.587. The van der Waals surface area contributed by atoms with Gasteiger partial charge in [-0.25, -0.2) is 14.4 Å². The summed E-state index contributed by atoms with van der Waals surface area (Å²) in [4.78, 5) is 8.64. The second-order valence-electron chi connectivity index (χ2n) is 7.73. The molecule has 1 unspecified atom stereocenters. The van der Waals surface area contributed by atoms with Gasteiger partial charge in [-0.3, -0.25) is 4.68 Å². The van der Waals surface area contributed by atoms with E-state index in [4.69, 9.17) is 19.9 Å². The number of halogens is 1. The summed E-state index contributed by atoms with van der Waals surface area (Å²) in [6.07, 6.45) is 2.35. The van der Waals surface area contributed by atoms with Crippen LogP contribution < -0.4 is 19.9 Å². The van der Waals surface area contributed by atoms with Crippen molar-refractivity contribution in [2.45, 2.75) is 31.5 Å². The van der Waals surface area contributed by atoms with E-state index >= 15 is 0 Å². The molecule has 2 N–H and O–H groups in total. The Bertz CT molecular complexity index is 1230. The number of nitrogens with two attached hydrogens (primary N) is 1. The van der Waals surface area contributed by atoms with Crippen LogP contribution in [0.25, 0.3) is 11.3 Å². The van der Waals surface area contributed by atoms with Gasteiger partial charge in [-0.15, -0.1) is 5.10 Å². The SMILES string of the molecule is CC1Oc2nc(cnc2N)-c2c(nn(C)c2C#N)OCC2(CC2)Oc2ccc(F)cc21. The summed E-state index contributed by atoms with van der Waals surface area (Å²) < 4.78 is 33.7. The number of nitriles is 1. The Kier molecular flexibility index (Phi) is 4.22. The van der Waals surface area contributed by atoms with Crippen molar-refractivity contribution in [1.29, 1.82) is 5.26 Å². The molecule has 1 aliphatic heterocycles. The summed E-state index contributed by atoms with van der Waals surface area (Å²) in [5.41, 5.74) is 6.93. The molecule has 0 amide bonds. The molecule has 3 aromatic rings. The van der Waals surface area contributed by atoms with E-state index in [1.807, 2.05) is 0 Å². The molecule has 2 bridgehead atoms. The monoisotopic (exact) mass is 422 g/mol. The standard InChI is InChI=1S/C21H19FN6O3/c1-11-13-7-12(22)3-4-16(13)31-21(5-6-21)10-29-19-17(15(8-23)28(2)27-19)14-9-25-18(24)20(26-14)30-11/h3-4,7,9,11H,5-6,10H2,1-2H3,(H2,24,25). The fraction of sp³-hybridized carbons (Fsp3) is 0.333. The molecule has 2 aromatic heterocycles. The largest absolute Gasteiger partial charge is 0.483 e. The Morgan fingerprint density at radius 1 is 1.32 bits per heavy atom. The third-order valence-electron chi connectivity index (χ3n) is 5.45. The highest BCUT2D eigenvalue weighted by molar-refractivity contribution is 5.71. The second-order valence-corrected chi connectivity index (χ2v) is 7.73. The minimum absolute atomic E-state index is 0.0549. The first kappa shape index (κ1) is 19.1. The lowest BCUT2D eigenvalue weighted by molar-refractivity contribution is 0.101. The lowest BCUT2D eigenvalue weighted by atomic mass is 10.1. The van der Waals surface area contributed by atoms with E-state index in [1.165, 1.54) is 23.0 Å². The maximum Gasteiger partial charge on any atom is 0.258 e. The smallest absolute Gasteiger partial charge is 0.258 e. The molecule has 5 rings (SSSR count). The number of nitrogens with zero attached hydrogens (tertiary/aromatic N) is 5. The Hall–Kier alpha value is -3.87. The molecule has 1 saturated carbocycles. The lowest BCUT2D eigenvalue weighted by Gasteiger charge is -2.23. The number of fused-ring (bicyclic) bond motifs is 5. The van der Waals surface area contributed by atoms with E-state index in [1.54, 1.807) is 20.0 Å². The van der Waals surface area contributed by atoms with Crippen LogP contribution in [-0.2, 0) is 7.05 Å². The first-order chi connectivity index (χ1) is 14.9. The number of hydrogen-bond donors (Lipinski definition) is 1. The number of rotatable bonds is 0. The third-order valence-corrected chi connectivity index (χ3v) is 5.45. The number of anilines is 1. The van der Waals surface area contributed by atoms with E-state index in [0.29, 0.717) is 22.6 Å². The van der Waals surface area contributed by atoms with Gasteiger partial charge >= 0.3 is 0 Å². The summed E-state index contributed by atoms with van der Waals surface area (Å²) in [5.74, 6) is 0.445. The predicted octanol–water partition coefficient (Wildman–Crippen LogP) is 2.91. The lowest BCUT2D eigenvalue weighted by Crippen LogP contribution is -2.28. The molecule has 1 atom stereocenters. The minimum Gasteiger partial charge on any atom is -0.483 e. The normalized spacial score (nSPS) is 18.6. The molecule has 1 fully saturated rings. The van der Waals surface area contributed by atoms with Crippen LogP contribution in [0.3, 0.4) is 0 Å². The summed E-state index contributed by atoms with van der Waals surface area (Å²) in [7, 11) is 1.65. The first-order valence-corrected chi connectivity index (χ1v) is 9.77. The number of ether oxygens (including phenoxy) is 3. The van der Waals surface area contributed by atoms with E-state index in [2.05, 4.69) is 21.1 Å². The molecule has 9 nitrogen and oxygen atoms in total. The van der Waals surface area contributed by atoms with Gasteiger partial charge < -0.3 is 19.9 Å². The zero-order valence-corrected chi connectivity index (χ0v) is 16.9.